The summed E-state index contributed by atoms with van der Waals surface area (Å²) >= 11 is 0. The third kappa shape index (κ3) is 5.11. The monoisotopic (exact) mass is 301 g/mol. The van der Waals surface area contributed by atoms with Crippen molar-refractivity contribution in [2.45, 2.75) is 30.2 Å². The predicted octanol–water partition coefficient (Wildman–Crippen LogP) is 1.22. The first-order valence-electron chi connectivity index (χ1n) is 6.53. The lowest BCUT2D eigenvalue weighted by molar-refractivity contribution is 0.163. The molecule has 1 aromatic carbocycles. The van der Waals surface area contributed by atoms with Crippen molar-refractivity contribution in [2.75, 3.05) is 26.5 Å². The molecule has 1 atom stereocenters. The van der Waals surface area contributed by atoms with E-state index in [2.05, 4.69) is 5.32 Å². The van der Waals surface area contributed by atoms with Gasteiger partial charge in [-0.1, -0.05) is 6.07 Å². The van der Waals surface area contributed by atoms with E-state index in [1.807, 2.05) is 14.0 Å². The van der Waals surface area contributed by atoms with E-state index < -0.39 is 9.84 Å². The van der Waals surface area contributed by atoms with Crippen molar-refractivity contribution in [1.29, 1.82) is 0 Å². The van der Waals surface area contributed by atoms with Crippen LogP contribution in [-0.4, -0.2) is 45.6 Å². The molecule has 5 nitrogen and oxygen atoms in total. The summed E-state index contributed by atoms with van der Waals surface area (Å²) in [6.45, 7) is 2.48. The molecule has 0 bridgehead atoms. The molecule has 1 rings (SSSR count). The second-order valence-electron chi connectivity index (χ2n) is 5.17. The summed E-state index contributed by atoms with van der Waals surface area (Å²) in [4.78, 5) is 0.255. The van der Waals surface area contributed by atoms with Gasteiger partial charge in [-0.25, -0.2) is 8.42 Å². The topological polar surface area (TPSA) is 75.6 Å². The molecule has 0 aliphatic carbocycles. The number of nitrogens with one attached hydrogen (secondary N) is 1. The van der Waals surface area contributed by atoms with E-state index >= 15 is 0 Å². The Morgan fingerprint density at radius 2 is 2.10 bits per heavy atom. The maximum atomic E-state index is 11.4. The molecule has 0 saturated carbocycles. The zero-order chi connectivity index (χ0) is 15.2. The molecule has 0 amide bonds. The molecule has 114 valence electrons. The van der Waals surface area contributed by atoms with Crippen molar-refractivity contribution < 1.29 is 18.3 Å². The van der Waals surface area contributed by atoms with Crippen LogP contribution < -0.4 is 10.1 Å². The molecular weight excluding hydrogens is 278 g/mol. The normalized spacial score (nSPS) is 14.8. The van der Waals surface area contributed by atoms with Crippen molar-refractivity contribution in [1.82, 2.24) is 5.32 Å². The fourth-order valence-corrected chi connectivity index (χ4v) is 2.39. The van der Waals surface area contributed by atoms with E-state index in [0.717, 1.165) is 12.8 Å². The van der Waals surface area contributed by atoms with Crippen molar-refractivity contribution in [2.24, 2.45) is 0 Å². The highest BCUT2D eigenvalue weighted by atomic mass is 32.2. The number of sulfone groups is 1. The zero-order valence-corrected chi connectivity index (χ0v) is 13.0. The molecule has 0 heterocycles. The van der Waals surface area contributed by atoms with Crippen molar-refractivity contribution in [3.8, 4) is 5.75 Å². The Bertz CT molecular complexity index is 524. The molecular formula is C14H23NO4S. The molecule has 6 heteroatoms. The summed E-state index contributed by atoms with van der Waals surface area (Å²) in [5.74, 6) is 0.545. The first-order chi connectivity index (χ1) is 9.30. The summed E-state index contributed by atoms with van der Waals surface area (Å²) in [6.07, 6.45) is 2.71. The Kier molecular flexibility index (Phi) is 5.98. The number of hydrogen-bond acceptors (Lipinski definition) is 5. The van der Waals surface area contributed by atoms with Crippen LogP contribution in [-0.2, 0) is 9.84 Å². The molecule has 0 aliphatic rings. The van der Waals surface area contributed by atoms with Gasteiger partial charge in [0.1, 0.15) is 5.75 Å². The minimum Gasteiger partial charge on any atom is -0.494 e. The molecule has 1 unspecified atom stereocenters. The highest BCUT2D eigenvalue weighted by molar-refractivity contribution is 7.90. The van der Waals surface area contributed by atoms with E-state index in [1.165, 1.54) is 12.3 Å². The fourth-order valence-electron chi connectivity index (χ4n) is 1.73. The minimum atomic E-state index is -3.21. The van der Waals surface area contributed by atoms with Gasteiger partial charge in [-0.05, 0) is 45.0 Å². The van der Waals surface area contributed by atoms with Crippen LogP contribution in [0.3, 0.4) is 0 Å². The Morgan fingerprint density at radius 1 is 1.40 bits per heavy atom. The van der Waals surface area contributed by atoms with Crippen LogP contribution in [0.1, 0.15) is 19.8 Å². The van der Waals surface area contributed by atoms with Crippen molar-refractivity contribution >= 4 is 9.84 Å². The number of aliphatic hydroxyl groups excluding tert-OH is 1. The Labute approximate surface area is 120 Å². The van der Waals surface area contributed by atoms with Crippen LogP contribution in [0, 0.1) is 0 Å². The summed E-state index contributed by atoms with van der Waals surface area (Å²) in [7, 11) is -1.40. The van der Waals surface area contributed by atoms with Crippen LogP contribution in [0.25, 0.3) is 0 Å². The second-order valence-corrected chi connectivity index (χ2v) is 7.18. The van der Waals surface area contributed by atoms with Gasteiger partial charge in [0.25, 0.3) is 0 Å². The van der Waals surface area contributed by atoms with Crippen LogP contribution >= 0.6 is 0 Å². The minimum absolute atomic E-state index is 0.0626. The molecule has 0 radical (unpaired) electrons. The number of rotatable bonds is 8. The molecule has 0 saturated heterocycles. The van der Waals surface area contributed by atoms with Crippen LogP contribution in [0.15, 0.2) is 29.2 Å². The lowest BCUT2D eigenvalue weighted by Crippen LogP contribution is -2.43. The summed E-state index contributed by atoms with van der Waals surface area (Å²) in [5.41, 5.74) is -0.308. The lowest BCUT2D eigenvalue weighted by Gasteiger charge is -2.26. The van der Waals surface area contributed by atoms with E-state index in [0.29, 0.717) is 12.4 Å². The van der Waals surface area contributed by atoms with E-state index in [9.17, 15) is 13.5 Å². The van der Waals surface area contributed by atoms with Crippen LogP contribution in [0.4, 0.5) is 0 Å². The van der Waals surface area contributed by atoms with Gasteiger partial charge in [-0.2, -0.15) is 0 Å². The van der Waals surface area contributed by atoms with Gasteiger partial charge in [0.2, 0.25) is 0 Å². The summed E-state index contributed by atoms with van der Waals surface area (Å²) < 4.78 is 28.4. The van der Waals surface area contributed by atoms with Gasteiger partial charge >= 0.3 is 0 Å². The molecule has 0 spiro atoms. The predicted molar refractivity (Wildman–Crippen MR) is 78.8 cm³/mol. The van der Waals surface area contributed by atoms with Gasteiger partial charge in [0.15, 0.2) is 9.84 Å². The Hall–Kier alpha value is -1.11. The number of benzene rings is 1. The van der Waals surface area contributed by atoms with Gasteiger partial charge in [0.05, 0.1) is 18.1 Å². The quantitative estimate of drug-likeness (QED) is 0.706. The molecule has 0 aliphatic heterocycles. The van der Waals surface area contributed by atoms with Crippen LogP contribution in [0.2, 0.25) is 0 Å². The smallest absolute Gasteiger partial charge is 0.175 e. The Morgan fingerprint density at radius 3 is 2.65 bits per heavy atom. The number of hydrogen-bond donors (Lipinski definition) is 2. The average molecular weight is 301 g/mol. The zero-order valence-electron chi connectivity index (χ0n) is 12.2. The number of likely N-dealkylation sites (N-methyl/N-ethyl adjacent to an activating group) is 1. The van der Waals surface area contributed by atoms with Gasteiger partial charge in [-0.3, -0.25) is 0 Å². The third-order valence-corrected chi connectivity index (χ3v) is 4.44. The molecule has 0 fully saturated rings. The number of aliphatic hydroxyl groups is 1. The summed E-state index contributed by atoms with van der Waals surface area (Å²) in [5, 5.41) is 12.3. The number of ether oxygens (including phenoxy) is 1. The fraction of sp³-hybridized carbons (Fsp3) is 0.571. The molecule has 2 N–H and O–H groups in total. The molecule has 20 heavy (non-hydrogen) atoms. The molecule has 0 aromatic heterocycles. The average Bonchev–Trinajstić information content (AvgIpc) is 2.43. The van der Waals surface area contributed by atoms with E-state index in [-0.39, 0.29) is 17.0 Å². The van der Waals surface area contributed by atoms with Gasteiger partial charge < -0.3 is 15.2 Å². The maximum absolute atomic E-state index is 11.4. The van der Waals surface area contributed by atoms with Crippen LogP contribution in [0.5, 0.6) is 5.75 Å². The first kappa shape index (κ1) is 16.9. The lowest BCUT2D eigenvalue weighted by atomic mass is 9.97. The third-order valence-electron chi connectivity index (χ3n) is 3.33. The van der Waals surface area contributed by atoms with Gasteiger partial charge in [0, 0.05) is 11.8 Å². The second kappa shape index (κ2) is 7.06. The SMILES string of the molecule is CNC(C)(CO)CCCOc1cccc(S(C)(=O)=O)c1. The standard InChI is InChI=1S/C14H23NO4S/c1-14(11-16,15-2)8-5-9-19-12-6-4-7-13(10-12)20(3,17)18/h4,6-7,10,15-16H,5,8-9,11H2,1-3H3. The Balaban J connectivity index is 2.51. The largest absolute Gasteiger partial charge is 0.494 e. The van der Waals surface area contributed by atoms with Crippen molar-refractivity contribution in [3.63, 3.8) is 0 Å². The highest BCUT2D eigenvalue weighted by Gasteiger charge is 2.19. The van der Waals surface area contributed by atoms with E-state index in [4.69, 9.17) is 4.74 Å². The van der Waals surface area contributed by atoms with Crippen molar-refractivity contribution in [3.05, 3.63) is 24.3 Å². The first-order valence-corrected chi connectivity index (χ1v) is 8.42. The highest BCUT2D eigenvalue weighted by Crippen LogP contribution is 2.18. The van der Waals surface area contributed by atoms with E-state index in [1.54, 1.807) is 18.2 Å². The molecule has 1 aromatic rings. The van der Waals surface area contributed by atoms with Gasteiger partial charge in [-0.15, -0.1) is 0 Å². The maximum Gasteiger partial charge on any atom is 0.175 e. The summed E-state index contributed by atoms with van der Waals surface area (Å²) in [6, 6.07) is 6.47.